The van der Waals surface area contributed by atoms with Crippen molar-refractivity contribution in [1.82, 2.24) is 0 Å². The first-order valence-electron chi connectivity index (χ1n) is 9.00. The zero-order valence-electron chi connectivity index (χ0n) is 17.2. The molecule has 1 heterocycles. The Hall–Kier alpha value is -0.950. The van der Waals surface area contributed by atoms with Gasteiger partial charge in [0.1, 0.15) is 0 Å². The van der Waals surface area contributed by atoms with Crippen LogP contribution in [0.1, 0.15) is 61.8 Å². The normalized spacial score (nSPS) is 22.4. The average Bonchev–Trinajstić information content (AvgIpc) is 2.76. The fourth-order valence-corrected chi connectivity index (χ4v) is 1.56. The van der Waals surface area contributed by atoms with Crippen molar-refractivity contribution in [3.63, 3.8) is 0 Å². The number of hydrogen-bond acceptors (Lipinski definition) is 6. The average molecular weight is 363 g/mol. The summed E-state index contributed by atoms with van der Waals surface area (Å²) >= 11 is 0. The number of carbonyl (C=O) groups is 1. The molecule has 0 aromatic carbocycles. The highest BCUT2D eigenvalue weighted by Crippen LogP contribution is 2.18. The van der Waals surface area contributed by atoms with E-state index >= 15 is 0 Å². The van der Waals surface area contributed by atoms with E-state index in [1.54, 1.807) is 13.8 Å². The summed E-state index contributed by atoms with van der Waals surface area (Å²) in [6.45, 7) is 16.1. The lowest BCUT2D eigenvalue weighted by Gasteiger charge is -2.03. The van der Waals surface area contributed by atoms with Gasteiger partial charge >= 0.3 is 5.97 Å². The smallest absolute Gasteiger partial charge is 0.302 e. The van der Waals surface area contributed by atoms with Gasteiger partial charge in [-0.2, -0.15) is 0 Å². The van der Waals surface area contributed by atoms with E-state index in [9.17, 15) is 4.79 Å². The van der Waals surface area contributed by atoms with Crippen LogP contribution in [0.25, 0.3) is 0 Å². The highest BCUT2D eigenvalue weighted by atomic mass is 16.7. The summed E-state index contributed by atoms with van der Waals surface area (Å²) in [4.78, 5) is 10.0. The third kappa shape index (κ3) is 21.0. The molecule has 0 aromatic rings. The molecule has 25 heavy (non-hydrogen) atoms. The van der Waals surface area contributed by atoms with E-state index in [0.717, 1.165) is 13.0 Å². The van der Waals surface area contributed by atoms with Gasteiger partial charge in [-0.25, -0.2) is 0 Å². The Morgan fingerprint density at radius 1 is 1.16 bits per heavy atom. The van der Waals surface area contributed by atoms with Crippen LogP contribution in [-0.4, -0.2) is 55.0 Å². The minimum atomic E-state index is -0.213. The maximum absolute atomic E-state index is 10.0. The van der Waals surface area contributed by atoms with Gasteiger partial charge in [0.25, 0.3) is 0 Å². The SMILES string of the molecule is CC(=O)OC(C)C.CC(C)O.CCCOCC=CC1OC(C)C(C)O1. The molecule has 6 heteroatoms. The van der Waals surface area contributed by atoms with Gasteiger partial charge in [-0.3, -0.25) is 4.79 Å². The molecule has 1 aliphatic rings. The molecule has 0 radical (unpaired) electrons. The van der Waals surface area contributed by atoms with Crippen molar-refractivity contribution in [3.05, 3.63) is 12.2 Å². The fourth-order valence-electron chi connectivity index (χ4n) is 1.56. The van der Waals surface area contributed by atoms with E-state index < -0.39 is 0 Å². The molecule has 0 aromatic heterocycles. The number of hydrogen-bond donors (Lipinski definition) is 1. The van der Waals surface area contributed by atoms with Crippen LogP contribution in [-0.2, 0) is 23.7 Å². The predicted octanol–water partition coefficient (Wildman–Crippen LogP) is 3.46. The molecule has 1 fully saturated rings. The molecule has 0 bridgehead atoms. The van der Waals surface area contributed by atoms with E-state index in [-0.39, 0.29) is 36.7 Å². The second kappa shape index (κ2) is 16.5. The number of aliphatic hydroxyl groups excluding tert-OH is 1. The summed E-state index contributed by atoms with van der Waals surface area (Å²) in [6.07, 6.45) is 4.95. The highest BCUT2D eigenvalue weighted by Gasteiger charge is 2.27. The molecule has 1 rings (SSSR count). The first kappa shape index (κ1) is 26.3. The number of ether oxygens (including phenoxy) is 4. The maximum Gasteiger partial charge on any atom is 0.302 e. The Bertz CT molecular complexity index is 328. The molecule has 6 nitrogen and oxygen atoms in total. The van der Waals surface area contributed by atoms with E-state index in [1.165, 1.54) is 6.92 Å². The molecule has 0 saturated carbocycles. The molecule has 1 aliphatic heterocycles. The first-order chi connectivity index (χ1) is 11.6. The standard InChI is InChI=1S/C11H20O3.C5H10O2.C3H8O/c1-4-7-12-8-5-6-11-13-9(2)10(3)14-11;1-4(2)7-5(3)6;1-3(2)4/h5-6,9-11H,4,7-8H2,1-3H3;4H,1-3H3;3-4H,1-2H3. The molecule has 1 N–H and O–H groups in total. The van der Waals surface area contributed by atoms with Crippen molar-refractivity contribution < 1.29 is 28.8 Å². The Kier molecular flexibility index (Phi) is 17.4. The summed E-state index contributed by atoms with van der Waals surface area (Å²) in [6, 6.07) is 0. The van der Waals surface area contributed by atoms with Crippen LogP contribution in [0.3, 0.4) is 0 Å². The first-order valence-corrected chi connectivity index (χ1v) is 9.00. The molecular weight excluding hydrogens is 324 g/mol. The molecule has 2 atom stereocenters. The lowest BCUT2D eigenvalue weighted by molar-refractivity contribution is -0.144. The topological polar surface area (TPSA) is 74.2 Å². The molecule has 0 aliphatic carbocycles. The number of esters is 1. The van der Waals surface area contributed by atoms with Crippen molar-refractivity contribution >= 4 is 5.97 Å². The zero-order chi connectivity index (χ0) is 19.8. The Labute approximate surface area is 153 Å². The van der Waals surface area contributed by atoms with Gasteiger partial charge in [0.2, 0.25) is 0 Å². The molecule has 0 amide bonds. The molecule has 0 spiro atoms. The van der Waals surface area contributed by atoms with Gasteiger partial charge in [-0.05, 0) is 54.0 Å². The summed E-state index contributed by atoms with van der Waals surface area (Å²) in [5, 5.41) is 8.06. The van der Waals surface area contributed by atoms with Crippen molar-refractivity contribution in [3.8, 4) is 0 Å². The van der Waals surface area contributed by atoms with Gasteiger partial charge in [0.15, 0.2) is 6.29 Å². The van der Waals surface area contributed by atoms with Crippen molar-refractivity contribution in [2.24, 2.45) is 0 Å². The molecule has 1 saturated heterocycles. The number of carbonyl (C=O) groups excluding carboxylic acids is 1. The van der Waals surface area contributed by atoms with Crippen LogP contribution in [0.4, 0.5) is 0 Å². The van der Waals surface area contributed by atoms with Crippen LogP contribution < -0.4 is 0 Å². The lowest BCUT2D eigenvalue weighted by atomic mass is 10.3. The fraction of sp³-hybridized carbons (Fsp3) is 0.842. The number of aliphatic hydroxyl groups is 1. The van der Waals surface area contributed by atoms with Crippen molar-refractivity contribution in [1.29, 1.82) is 0 Å². The van der Waals surface area contributed by atoms with E-state index in [2.05, 4.69) is 11.7 Å². The van der Waals surface area contributed by atoms with Gasteiger partial charge < -0.3 is 24.1 Å². The summed E-state index contributed by atoms with van der Waals surface area (Å²) in [7, 11) is 0. The van der Waals surface area contributed by atoms with Crippen molar-refractivity contribution in [2.45, 2.75) is 92.5 Å². The predicted molar refractivity (Wildman–Crippen MR) is 99.4 cm³/mol. The zero-order valence-corrected chi connectivity index (χ0v) is 17.2. The van der Waals surface area contributed by atoms with Crippen LogP contribution in [0.15, 0.2) is 12.2 Å². The van der Waals surface area contributed by atoms with Gasteiger partial charge in [0.05, 0.1) is 24.9 Å². The van der Waals surface area contributed by atoms with Gasteiger partial charge in [0, 0.05) is 19.6 Å². The van der Waals surface area contributed by atoms with E-state index in [1.807, 2.05) is 39.8 Å². The van der Waals surface area contributed by atoms with Gasteiger partial charge in [-0.15, -0.1) is 0 Å². The van der Waals surface area contributed by atoms with E-state index in [0.29, 0.717) is 6.61 Å². The second-order valence-corrected chi connectivity index (χ2v) is 6.31. The van der Waals surface area contributed by atoms with Crippen LogP contribution in [0, 0.1) is 0 Å². The molecule has 150 valence electrons. The molecular formula is C19H38O6. The van der Waals surface area contributed by atoms with E-state index in [4.69, 9.17) is 19.3 Å². The highest BCUT2D eigenvalue weighted by molar-refractivity contribution is 5.66. The minimum Gasteiger partial charge on any atom is -0.463 e. The van der Waals surface area contributed by atoms with Crippen LogP contribution >= 0.6 is 0 Å². The van der Waals surface area contributed by atoms with Crippen LogP contribution in [0.5, 0.6) is 0 Å². The van der Waals surface area contributed by atoms with Crippen LogP contribution in [0.2, 0.25) is 0 Å². The Morgan fingerprint density at radius 2 is 1.64 bits per heavy atom. The Morgan fingerprint density at radius 3 is 1.96 bits per heavy atom. The monoisotopic (exact) mass is 362 g/mol. The molecule has 2 unspecified atom stereocenters. The lowest BCUT2D eigenvalue weighted by Crippen LogP contribution is -2.13. The minimum absolute atomic E-state index is 0.0255. The summed E-state index contributed by atoms with van der Waals surface area (Å²) in [5.41, 5.74) is 0. The van der Waals surface area contributed by atoms with Gasteiger partial charge in [-0.1, -0.05) is 13.0 Å². The third-order valence-corrected chi connectivity index (χ3v) is 2.62. The maximum atomic E-state index is 10.0. The number of rotatable bonds is 6. The summed E-state index contributed by atoms with van der Waals surface area (Å²) < 4.78 is 20.9. The second-order valence-electron chi connectivity index (χ2n) is 6.31. The third-order valence-electron chi connectivity index (χ3n) is 2.62. The quantitative estimate of drug-likeness (QED) is 0.443. The van der Waals surface area contributed by atoms with Crippen molar-refractivity contribution in [2.75, 3.05) is 13.2 Å². The summed E-state index contributed by atoms with van der Waals surface area (Å²) in [5.74, 6) is -0.213. The largest absolute Gasteiger partial charge is 0.463 e. The Balaban J connectivity index is 0.